The van der Waals surface area contributed by atoms with E-state index in [2.05, 4.69) is 37.9 Å². The van der Waals surface area contributed by atoms with Gasteiger partial charge in [0.05, 0.1) is 0 Å². The zero-order valence-electron chi connectivity index (χ0n) is 15.6. The van der Waals surface area contributed by atoms with Crippen molar-refractivity contribution >= 4 is 22.6 Å². The molecule has 2 amide bonds. The maximum absolute atomic E-state index is 13.1. The third-order valence-corrected chi connectivity index (χ3v) is 4.33. The number of benzene rings is 2. The van der Waals surface area contributed by atoms with Crippen LogP contribution in [0.25, 0.3) is 10.8 Å². The highest BCUT2D eigenvalue weighted by atomic mass is 16.2. The van der Waals surface area contributed by atoms with Gasteiger partial charge < -0.3 is 10.2 Å². The molecule has 26 heavy (non-hydrogen) atoms. The molecule has 0 unspecified atom stereocenters. The van der Waals surface area contributed by atoms with Crippen molar-refractivity contribution in [1.82, 2.24) is 10.2 Å². The van der Waals surface area contributed by atoms with E-state index in [9.17, 15) is 9.59 Å². The van der Waals surface area contributed by atoms with Gasteiger partial charge in [-0.05, 0) is 43.7 Å². The molecule has 0 spiro atoms. The van der Waals surface area contributed by atoms with Gasteiger partial charge in [-0.15, -0.1) is 0 Å². The third-order valence-electron chi connectivity index (χ3n) is 4.33. The summed E-state index contributed by atoms with van der Waals surface area (Å²) in [6.07, 6.45) is 0.346. The van der Waals surface area contributed by atoms with Gasteiger partial charge in [0.15, 0.2) is 0 Å². The molecule has 2 aromatic rings. The van der Waals surface area contributed by atoms with Crippen LogP contribution >= 0.6 is 0 Å². The Morgan fingerprint density at radius 1 is 1.08 bits per heavy atom. The summed E-state index contributed by atoms with van der Waals surface area (Å²) in [6.45, 7) is 7.71. The van der Waals surface area contributed by atoms with Crippen molar-refractivity contribution in [3.63, 3.8) is 0 Å². The molecule has 0 atom stereocenters. The molecule has 1 saturated heterocycles. The van der Waals surface area contributed by atoms with E-state index in [0.717, 1.165) is 16.3 Å². The molecule has 0 bridgehead atoms. The Hall–Kier alpha value is -2.80. The van der Waals surface area contributed by atoms with Crippen LogP contribution in [-0.4, -0.2) is 36.3 Å². The topological polar surface area (TPSA) is 49.4 Å². The van der Waals surface area contributed by atoms with Crippen molar-refractivity contribution in [3.8, 4) is 11.8 Å². The van der Waals surface area contributed by atoms with Crippen molar-refractivity contribution in [2.45, 2.75) is 27.2 Å². The molecule has 4 heteroatoms. The number of nitrogens with one attached hydrogen (secondary N) is 1. The molecule has 4 nitrogen and oxygen atoms in total. The van der Waals surface area contributed by atoms with E-state index in [0.29, 0.717) is 31.6 Å². The maximum atomic E-state index is 13.1. The molecule has 0 aliphatic carbocycles. The second kappa shape index (κ2) is 7.21. The first-order valence-corrected chi connectivity index (χ1v) is 8.96. The fourth-order valence-corrected chi connectivity index (χ4v) is 2.99. The van der Waals surface area contributed by atoms with Crippen LogP contribution in [0.5, 0.6) is 0 Å². The minimum absolute atomic E-state index is 0.00189. The van der Waals surface area contributed by atoms with Crippen LogP contribution in [0.4, 0.5) is 0 Å². The number of amides is 2. The summed E-state index contributed by atoms with van der Waals surface area (Å²) in [7, 11) is 0. The van der Waals surface area contributed by atoms with Crippen molar-refractivity contribution in [1.29, 1.82) is 0 Å². The molecule has 134 valence electrons. The van der Waals surface area contributed by atoms with Gasteiger partial charge in [-0.2, -0.15) is 0 Å². The van der Waals surface area contributed by atoms with Crippen molar-refractivity contribution in [2.75, 3.05) is 19.6 Å². The van der Waals surface area contributed by atoms with Gasteiger partial charge >= 0.3 is 0 Å². The quantitative estimate of drug-likeness (QED) is 0.805. The molecule has 0 radical (unpaired) electrons. The normalized spacial score (nSPS) is 15.0. The van der Waals surface area contributed by atoms with E-state index in [1.165, 1.54) is 0 Å². The summed E-state index contributed by atoms with van der Waals surface area (Å²) >= 11 is 0. The van der Waals surface area contributed by atoms with Crippen LogP contribution in [0.2, 0.25) is 0 Å². The summed E-state index contributed by atoms with van der Waals surface area (Å²) in [5.41, 5.74) is 1.51. The maximum Gasteiger partial charge on any atom is 0.254 e. The lowest BCUT2D eigenvalue weighted by molar-refractivity contribution is -0.120. The van der Waals surface area contributed by atoms with E-state index >= 15 is 0 Å². The number of carbonyl (C=O) groups is 2. The van der Waals surface area contributed by atoms with Crippen LogP contribution in [-0.2, 0) is 4.79 Å². The minimum atomic E-state index is -0.0822. The smallest absolute Gasteiger partial charge is 0.254 e. The van der Waals surface area contributed by atoms with Gasteiger partial charge in [-0.3, -0.25) is 9.59 Å². The van der Waals surface area contributed by atoms with Crippen LogP contribution in [0, 0.1) is 17.3 Å². The molecule has 1 aliphatic heterocycles. The summed E-state index contributed by atoms with van der Waals surface area (Å²) in [4.78, 5) is 26.3. The molecule has 0 saturated carbocycles. The lowest BCUT2D eigenvalue weighted by Crippen LogP contribution is -2.34. The summed E-state index contributed by atoms with van der Waals surface area (Å²) in [5, 5.41) is 4.70. The van der Waals surface area contributed by atoms with Crippen LogP contribution in [0.15, 0.2) is 36.4 Å². The molecule has 1 fully saturated rings. The molecule has 1 heterocycles. The molecule has 2 aromatic carbocycles. The van der Waals surface area contributed by atoms with Gasteiger partial charge in [0, 0.05) is 42.6 Å². The predicted octanol–water partition coefficient (Wildman–Crippen LogP) is 3.20. The zero-order valence-corrected chi connectivity index (χ0v) is 15.6. The zero-order chi connectivity index (χ0) is 18.7. The minimum Gasteiger partial charge on any atom is -0.354 e. The molecular formula is C22H24N2O2. The van der Waals surface area contributed by atoms with Crippen LogP contribution in [0.1, 0.15) is 43.1 Å². The van der Waals surface area contributed by atoms with Crippen LogP contribution in [0.3, 0.4) is 0 Å². The predicted molar refractivity (Wildman–Crippen MR) is 104 cm³/mol. The van der Waals surface area contributed by atoms with E-state index < -0.39 is 0 Å². The Labute approximate surface area is 154 Å². The molecule has 1 aliphatic rings. The number of rotatable bonds is 1. The number of nitrogens with zero attached hydrogens (tertiary/aromatic N) is 1. The number of carbonyl (C=O) groups excluding carboxylic acids is 2. The standard InChI is InChI=1S/C22H24N2O2/c1-22(2,3)12-10-16-8-9-19(18-7-5-4-6-17(16)18)21(26)24-14-11-20(25)23-13-15-24/h4-9H,11,13-15H2,1-3H3,(H,23,25). The number of hydrogen-bond donors (Lipinski definition) is 1. The van der Waals surface area contributed by atoms with Gasteiger partial charge in [0.1, 0.15) is 0 Å². The first kappa shape index (κ1) is 18.0. The van der Waals surface area contributed by atoms with Crippen molar-refractivity contribution in [3.05, 3.63) is 47.5 Å². The molecular weight excluding hydrogens is 324 g/mol. The Morgan fingerprint density at radius 2 is 1.81 bits per heavy atom. The van der Waals surface area contributed by atoms with Gasteiger partial charge in [0.2, 0.25) is 5.91 Å². The average molecular weight is 348 g/mol. The lowest BCUT2D eigenvalue weighted by Gasteiger charge is -2.20. The Kier molecular flexibility index (Phi) is 4.99. The SMILES string of the molecule is CC(C)(C)C#Cc1ccc(C(=O)N2CCNC(=O)CC2)c2ccccc12. The van der Waals surface area contributed by atoms with Crippen LogP contribution < -0.4 is 5.32 Å². The Morgan fingerprint density at radius 3 is 2.54 bits per heavy atom. The highest BCUT2D eigenvalue weighted by molar-refractivity contribution is 6.08. The molecule has 3 rings (SSSR count). The third kappa shape index (κ3) is 4.05. The Bertz CT molecular complexity index is 913. The van der Waals surface area contributed by atoms with E-state index in [4.69, 9.17) is 0 Å². The second-order valence-electron chi connectivity index (χ2n) is 7.60. The monoisotopic (exact) mass is 348 g/mol. The molecule has 0 aromatic heterocycles. The van der Waals surface area contributed by atoms with Gasteiger partial charge in [0.25, 0.3) is 5.91 Å². The van der Waals surface area contributed by atoms with Gasteiger partial charge in [-0.25, -0.2) is 0 Å². The molecule has 1 N–H and O–H groups in total. The average Bonchev–Trinajstić information content (AvgIpc) is 2.83. The summed E-state index contributed by atoms with van der Waals surface area (Å²) in [5.74, 6) is 6.49. The highest BCUT2D eigenvalue weighted by Gasteiger charge is 2.21. The van der Waals surface area contributed by atoms with E-state index in [1.807, 2.05) is 36.4 Å². The Balaban J connectivity index is 2.01. The summed E-state index contributed by atoms with van der Waals surface area (Å²) < 4.78 is 0. The summed E-state index contributed by atoms with van der Waals surface area (Å²) in [6, 6.07) is 11.7. The first-order chi connectivity index (χ1) is 12.3. The van der Waals surface area contributed by atoms with E-state index in [-0.39, 0.29) is 17.2 Å². The number of hydrogen-bond acceptors (Lipinski definition) is 2. The highest BCUT2D eigenvalue weighted by Crippen LogP contribution is 2.24. The lowest BCUT2D eigenvalue weighted by atomic mass is 9.95. The van der Waals surface area contributed by atoms with Crippen molar-refractivity contribution in [2.24, 2.45) is 5.41 Å². The fraction of sp³-hybridized carbons (Fsp3) is 0.364. The first-order valence-electron chi connectivity index (χ1n) is 8.96. The van der Waals surface area contributed by atoms with Gasteiger partial charge in [-0.1, -0.05) is 36.1 Å². The number of fused-ring (bicyclic) bond motifs is 1. The van der Waals surface area contributed by atoms with E-state index in [1.54, 1.807) is 4.90 Å². The van der Waals surface area contributed by atoms with Crippen molar-refractivity contribution < 1.29 is 9.59 Å². The largest absolute Gasteiger partial charge is 0.354 e. The fourth-order valence-electron chi connectivity index (χ4n) is 2.99. The second-order valence-corrected chi connectivity index (χ2v) is 7.60.